The molecule has 0 fully saturated rings. The largest absolute Gasteiger partial charge is 0.486 e. The Hall–Kier alpha value is -2.54. The van der Waals surface area contributed by atoms with Gasteiger partial charge in [0.25, 0.3) is 5.91 Å². The summed E-state index contributed by atoms with van der Waals surface area (Å²) in [6.07, 6.45) is 0.730. The molecule has 1 aromatic heterocycles. The van der Waals surface area contributed by atoms with Crippen LogP contribution in [0.5, 0.6) is 11.5 Å². The van der Waals surface area contributed by atoms with Gasteiger partial charge in [0, 0.05) is 7.05 Å². The number of hydrogen-bond acceptors (Lipinski definition) is 5. The van der Waals surface area contributed by atoms with E-state index in [0.29, 0.717) is 23.8 Å². The number of hydrogen-bond donors (Lipinski definition) is 1. The predicted octanol–water partition coefficient (Wildman–Crippen LogP) is 2.86. The Morgan fingerprint density at radius 2 is 2.00 bits per heavy atom. The highest BCUT2D eigenvalue weighted by Crippen LogP contribution is 2.33. The summed E-state index contributed by atoms with van der Waals surface area (Å²) in [5, 5.41) is 4.84. The normalized spacial score (nSPS) is 13.8. The zero-order valence-corrected chi connectivity index (χ0v) is 15.7. The van der Waals surface area contributed by atoms with Crippen molar-refractivity contribution in [1.29, 1.82) is 0 Å². The number of nitrogens with one attached hydrogen (secondary N) is 1. The van der Waals surface area contributed by atoms with E-state index in [4.69, 9.17) is 9.47 Å². The number of carbonyl (C=O) groups excluding carboxylic acids is 2. The molecule has 0 aliphatic carbocycles. The second-order valence-corrected chi connectivity index (χ2v) is 7.02. The van der Waals surface area contributed by atoms with Crippen molar-refractivity contribution in [2.45, 2.75) is 19.4 Å². The minimum atomic E-state index is -0.195. The highest BCUT2D eigenvalue weighted by molar-refractivity contribution is 7.12. The molecule has 7 heteroatoms. The Balaban J connectivity index is 1.62. The number of amides is 2. The van der Waals surface area contributed by atoms with E-state index in [2.05, 4.69) is 5.32 Å². The van der Waals surface area contributed by atoms with Gasteiger partial charge < -0.3 is 19.7 Å². The molecule has 1 atom stereocenters. The number of thiophene rings is 1. The van der Waals surface area contributed by atoms with Crippen LogP contribution in [0.4, 0.5) is 0 Å². The minimum Gasteiger partial charge on any atom is -0.486 e. The number of likely N-dealkylation sites (N-methyl/N-ethyl adjacent to an activating group) is 1. The average Bonchev–Trinajstić information content (AvgIpc) is 3.19. The lowest BCUT2D eigenvalue weighted by atomic mass is 10.0. The van der Waals surface area contributed by atoms with Crippen LogP contribution in [0.1, 0.15) is 34.6 Å². The summed E-state index contributed by atoms with van der Waals surface area (Å²) in [5.74, 6) is 1.08. The average molecular weight is 374 g/mol. The fourth-order valence-corrected chi connectivity index (χ4v) is 3.53. The van der Waals surface area contributed by atoms with Crippen LogP contribution in [0.15, 0.2) is 35.7 Å². The van der Waals surface area contributed by atoms with Gasteiger partial charge in [0.05, 0.1) is 17.5 Å². The van der Waals surface area contributed by atoms with Crippen molar-refractivity contribution < 1.29 is 19.1 Å². The van der Waals surface area contributed by atoms with Crippen LogP contribution in [0.2, 0.25) is 0 Å². The van der Waals surface area contributed by atoms with E-state index in [1.165, 1.54) is 16.2 Å². The Bertz CT molecular complexity index is 776. The number of carbonyl (C=O) groups is 2. The van der Waals surface area contributed by atoms with Crippen LogP contribution in [-0.4, -0.2) is 43.5 Å². The molecule has 2 amide bonds. The zero-order valence-electron chi connectivity index (χ0n) is 14.9. The van der Waals surface area contributed by atoms with Gasteiger partial charge in [-0.2, -0.15) is 0 Å². The summed E-state index contributed by atoms with van der Waals surface area (Å²) in [6.45, 7) is 3.08. The second-order valence-electron chi connectivity index (χ2n) is 6.07. The fraction of sp³-hybridized carbons (Fsp3) is 0.368. The third-order valence-electron chi connectivity index (χ3n) is 4.17. The van der Waals surface area contributed by atoms with Crippen LogP contribution in [0, 0.1) is 0 Å². The number of rotatable bonds is 6. The molecule has 0 bridgehead atoms. The Morgan fingerprint density at radius 3 is 2.69 bits per heavy atom. The third-order valence-corrected chi connectivity index (χ3v) is 5.03. The maximum Gasteiger partial charge on any atom is 0.264 e. The van der Waals surface area contributed by atoms with E-state index >= 15 is 0 Å². The first-order valence-electron chi connectivity index (χ1n) is 8.56. The molecule has 1 N–H and O–H groups in total. The molecule has 0 saturated carbocycles. The van der Waals surface area contributed by atoms with Crippen molar-refractivity contribution in [3.8, 4) is 11.5 Å². The van der Waals surface area contributed by atoms with Crippen LogP contribution >= 0.6 is 11.3 Å². The maximum absolute atomic E-state index is 12.4. The lowest BCUT2D eigenvalue weighted by Gasteiger charge is -2.23. The van der Waals surface area contributed by atoms with Crippen molar-refractivity contribution in [1.82, 2.24) is 10.2 Å². The van der Waals surface area contributed by atoms with Crippen LogP contribution in [0.3, 0.4) is 0 Å². The van der Waals surface area contributed by atoms with Crippen molar-refractivity contribution in [2.75, 3.05) is 26.8 Å². The Morgan fingerprint density at radius 1 is 1.23 bits per heavy atom. The smallest absolute Gasteiger partial charge is 0.264 e. The molecule has 26 heavy (non-hydrogen) atoms. The predicted molar refractivity (Wildman–Crippen MR) is 99.9 cm³/mol. The molecule has 138 valence electrons. The standard InChI is InChI=1S/C19H22N2O4S/c1-3-14(13-6-7-15-16(11-13)25-9-8-24-15)20-18(22)12-21(2)19(23)17-5-4-10-26-17/h4-7,10-11,14H,3,8-9,12H2,1-2H3,(H,20,22). The lowest BCUT2D eigenvalue weighted by molar-refractivity contribution is -0.122. The Kier molecular flexibility index (Phi) is 5.78. The van der Waals surface area contributed by atoms with Crippen LogP contribution < -0.4 is 14.8 Å². The summed E-state index contributed by atoms with van der Waals surface area (Å²) >= 11 is 1.37. The monoisotopic (exact) mass is 374 g/mol. The minimum absolute atomic E-state index is 0.0117. The van der Waals surface area contributed by atoms with E-state index in [0.717, 1.165) is 17.7 Å². The summed E-state index contributed by atoms with van der Waals surface area (Å²) in [6, 6.07) is 9.13. The van der Waals surface area contributed by atoms with Crippen molar-refractivity contribution in [3.05, 3.63) is 46.2 Å². The first-order valence-corrected chi connectivity index (χ1v) is 9.44. The van der Waals surface area contributed by atoms with Gasteiger partial charge in [-0.05, 0) is 35.6 Å². The molecular weight excluding hydrogens is 352 g/mol. The molecule has 2 aromatic rings. The summed E-state index contributed by atoms with van der Waals surface area (Å²) < 4.78 is 11.1. The van der Waals surface area contributed by atoms with Gasteiger partial charge in [0.1, 0.15) is 13.2 Å². The van der Waals surface area contributed by atoms with Gasteiger partial charge in [-0.1, -0.05) is 19.1 Å². The van der Waals surface area contributed by atoms with Gasteiger partial charge in [0.2, 0.25) is 5.91 Å². The summed E-state index contributed by atoms with van der Waals surface area (Å²) in [4.78, 5) is 26.7. The number of ether oxygens (including phenoxy) is 2. The van der Waals surface area contributed by atoms with E-state index in [-0.39, 0.29) is 24.4 Å². The SMILES string of the molecule is CCC(NC(=O)CN(C)C(=O)c1cccs1)c1ccc2c(c1)OCCO2. The van der Waals surface area contributed by atoms with Crippen molar-refractivity contribution in [3.63, 3.8) is 0 Å². The topological polar surface area (TPSA) is 67.9 Å². The molecular formula is C19H22N2O4S. The van der Waals surface area contributed by atoms with E-state index < -0.39 is 0 Å². The molecule has 0 spiro atoms. The first-order chi connectivity index (χ1) is 12.6. The molecule has 3 rings (SSSR count). The maximum atomic E-state index is 12.4. The van der Waals surface area contributed by atoms with E-state index in [1.54, 1.807) is 13.1 Å². The highest BCUT2D eigenvalue weighted by Gasteiger charge is 2.20. The summed E-state index contributed by atoms with van der Waals surface area (Å²) in [7, 11) is 1.63. The third kappa shape index (κ3) is 4.16. The Labute approximate surface area is 156 Å². The molecule has 2 heterocycles. The van der Waals surface area contributed by atoms with Gasteiger partial charge in [0.15, 0.2) is 11.5 Å². The molecule has 1 aliphatic heterocycles. The van der Waals surface area contributed by atoms with Gasteiger partial charge in [-0.15, -0.1) is 11.3 Å². The molecule has 1 unspecified atom stereocenters. The molecule has 0 radical (unpaired) electrons. The van der Waals surface area contributed by atoms with Crippen LogP contribution in [0.25, 0.3) is 0 Å². The number of nitrogens with zero attached hydrogens (tertiary/aromatic N) is 1. The van der Waals surface area contributed by atoms with Crippen molar-refractivity contribution >= 4 is 23.2 Å². The molecule has 6 nitrogen and oxygen atoms in total. The number of fused-ring (bicyclic) bond motifs is 1. The summed E-state index contributed by atoms with van der Waals surface area (Å²) in [5.41, 5.74) is 0.956. The number of benzene rings is 1. The zero-order chi connectivity index (χ0) is 18.5. The highest BCUT2D eigenvalue weighted by atomic mass is 32.1. The first kappa shape index (κ1) is 18.3. The quantitative estimate of drug-likeness (QED) is 0.844. The van der Waals surface area contributed by atoms with Gasteiger partial charge in [-0.3, -0.25) is 9.59 Å². The lowest BCUT2D eigenvalue weighted by Crippen LogP contribution is -2.39. The van der Waals surface area contributed by atoms with Gasteiger partial charge >= 0.3 is 0 Å². The second kappa shape index (κ2) is 8.23. The van der Waals surface area contributed by atoms with E-state index in [1.807, 2.05) is 36.6 Å². The van der Waals surface area contributed by atoms with Gasteiger partial charge in [-0.25, -0.2) is 0 Å². The van der Waals surface area contributed by atoms with Crippen LogP contribution in [-0.2, 0) is 4.79 Å². The molecule has 0 saturated heterocycles. The molecule has 1 aliphatic rings. The van der Waals surface area contributed by atoms with Crippen molar-refractivity contribution in [2.24, 2.45) is 0 Å². The van der Waals surface area contributed by atoms with E-state index in [9.17, 15) is 9.59 Å². The molecule has 1 aromatic carbocycles. The fourth-order valence-electron chi connectivity index (χ4n) is 2.81.